The van der Waals surface area contributed by atoms with Crippen LogP contribution in [0.15, 0.2) is 0 Å². The molecule has 110 valence electrons. The molecule has 0 aliphatic rings. The van der Waals surface area contributed by atoms with Crippen LogP contribution in [0.2, 0.25) is 0 Å². The number of ether oxygens (including phenoxy) is 2. The second-order valence-corrected chi connectivity index (χ2v) is 5.60. The van der Waals surface area contributed by atoms with E-state index in [0.29, 0.717) is 0 Å². The first kappa shape index (κ1) is 18.2. The molecule has 0 bridgehead atoms. The minimum Gasteiger partial charge on any atom is -0.351 e. The van der Waals surface area contributed by atoms with Crippen molar-refractivity contribution in [3.8, 4) is 0 Å². The Hall–Kier alpha value is 0.210. The third-order valence-electron chi connectivity index (χ3n) is 2.94. The molecular formula is C15H31ClO2. The van der Waals surface area contributed by atoms with Gasteiger partial charge >= 0.3 is 0 Å². The Labute approximate surface area is 118 Å². The Balaban J connectivity index is 3.53. The normalized spacial score (nSPS) is 13.2. The second-order valence-electron chi connectivity index (χ2n) is 4.91. The molecule has 0 saturated heterocycles. The summed E-state index contributed by atoms with van der Waals surface area (Å²) < 4.78 is 11.4. The third kappa shape index (κ3) is 11.3. The highest BCUT2D eigenvalue weighted by Crippen LogP contribution is 2.11. The Morgan fingerprint density at radius 2 is 1.22 bits per heavy atom. The minimum absolute atomic E-state index is 0.0812. The van der Waals surface area contributed by atoms with Crippen LogP contribution in [0, 0.1) is 0 Å². The molecule has 1 atom stereocenters. The average Bonchev–Trinajstić information content (AvgIpc) is 2.35. The van der Waals surface area contributed by atoms with Crippen molar-refractivity contribution in [3.05, 3.63) is 0 Å². The first-order valence-electron chi connectivity index (χ1n) is 7.59. The summed E-state index contributed by atoms with van der Waals surface area (Å²) in [6, 6.07) is 0. The molecule has 0 saturated carbocycles. The summed E-state index contributed by atoms with van der Waals surface area (Å²) >= 11 is 6.07. The van der Waals surface area contributed by atoms with Gasteiger partial charge in [0.2, 0.25) is 0 Å². The Morgan fingerprint density at radius 3 is 1.56 bits per heavy atom. The van der Waals surface area contributed by atoms with Gasteiger partial charge in [0.1, 0.15) is 0 Å². The van der Waals surface area contributed by atoms with Gasteiger partial charge in [0.15, 0.2) is 6.29 Å². The van der Waals surface area contributed by atoms with Crippen molar-refractivity contribution in [1.82, 2.24) is 0 Å². The molecule has 0 N–H and O–H groups in total. The van der Waals surface area contributed by atoms with Crippen molar-refractivity contribution in [1.29, 1.82) is 0 Å². The molecule has 1 unspecified atom stereocenters. The molecule has 0 rings (SSSR count). The molecule has 0 fully saturated rings. The maximum atomic E-state index is 6.07. The summed E-state index contributed by atoms with van der Waals surface area (Å²) in [5.41, 5.74) is 0. The molecule has 0 heterocycles. The van der Waals surface area contributed by atoms with Crippen molar-refractivity contribution < 1.29 is 9.47 Å². The lowest BCUT2D eigenvalue weighted by molar-refractivity contribution is -0.142. The minimum atomic E-state index is -0.241. The first-order valence-corrected chi connectivity index (χ1v) is 8.03. The van der Waals surface area contributed by atoms with Crippen LogP contribution in [-0.2, 0) is 9.47 Å². The van der Waals surface area contributed by atoms with Crippen LogP contribution in [0.5, 0.6) is 0 Å². The quantitative estimate of drug-likeness (QED) is 0.264. The van der Waals surface area contributed by atoms with Crippen LogP contribution >= 0.6 is 11.6 Å². The third-order valence-corrected chi connectivity index (χ3v) is 3.14. The maximum absolute atomic E-state index is 6.07. The van der Waals surface area contributed by atoms with Crippen LogP contribution in [0.1, 0.15) is 72.1 Å². The molecule has 0 spiro atoms. The highest BCUT2D eigenvalue weighted by Gasteiger charge is 2.15. The van der Waals surface area contributed by atoms with E-state index >= 15 is 0 Å². The zero-order valence-corrected chi connectivity index (χ0v) is 13.2. The molecule has 0 aromatic rings. The number of alkyl halides is 1. The fraction of sp³-hybridized carbons (Fsp3) is 1.00. The molecule has 0 amide bonds. The topological polar surface area (TPSA) is 18.5 Å². The summed E-state index contributed by atoms with van der Waals surface area (Å²) in [6.07, 6.45) is 9.50. The van der Waals surface area contributed by atoms with Crippen molar-refractivity contribution in [2.75, 3.05) is 13.2 Å². The van der Waals surface area contributed by atoms with E-state index in [2.05, 4.69) is 13.8 Å². The van der Waals surface area contributed by atoms with Gasteiger partial charge in [-0.05, 0) is 19.8 Å². The predicted molar refractivity (Wildman–Crippen MR) is 79.3 cm³/mol. The van der Waals surface area contributed by atoms with E-state index < -0.39 is 0 Å². The van der Waals surface area contributed by atoms with Crippen molar-refractivity contribution in [2.24, 2.45) is 0 Å². The van der Waals surface area contributed by atoms with Crippen LogP contribution in [0.3, 0.4) is 0 Å². The molecule has 0 aromatic carbocycles. The van der Waals surface area contributed by atoms with E-state index in [0.717, 1.165) is 26.1 Å². The Bertz CT molecular complexity index is 149. The zero-order valence-electron chi connectivity index (χ0n) is 12.4. The van der Waals surface area contributed by atoms with Gasteiger partial charge < -0.3 is 9.47 Å². The first-order chi connectivity index (χ1) is 8.72. The SMILES string of the molecule is CCCCCCOC(OCCCCCC)C(C)Cl. The molecule has 0 aliphatic carbocycles. The van der Waals surface area contributed by atoms with Crippen LogP contribution < -0.4 is 0 Å². The van der Waals surface area contributed by atoms with Crippen LogP contribution in [0.25, 0.3) is 0 Å². The maximum Gasteiger partial charge on any atom is 0.173 e. The standard InChI is InChI=1S/C15H31ClO2/c1-4-6-8-10-12-17-15(14(3)16)18-13-11-9-7-5-2/h14-15H,4-13H2,1-3H3. The fourth-order valence-corrected chi connectivity index (χ4v) is 1.92. The summed E-state index contributed by atoms with van der Waals surface area (Å²) in [5, 5.41) is -0.0812. The molecule has 3 heteroatoms. The van der Waals surface area contributed by atoms with Gasteiger partial charge in [-0.15, -0.1) is 11.6 Å². The number of rotatable bonds is 13. The van der Waals surface area contributed by atoms with Gasteiger partial charge in [-0.1, -0.05) is 52.4 Å². The van der Waals surface area contributed by atoms with Gasteiger partial charge in [-0.3, -0.25) is 0 Å². The molecule has 0 radical (unpaired) electrons. The summed E-state index contributed by atoms with van der Waals surface area (Å²) in [7, 11) is 0. The average molecular weight is 279 g/mol. The van der Waals surface area contributed by atoms with Crippen LogP contribution in [-0.4, -0.2) is 24.9 Å². The monoisotopic (exact) mass is 278 g/mol. The number of unbranched alkanes of at least 4 members (excludes halogenated alkanes) is 6. The zero-order chi connectivity index (χ0) is 13.6. The second kappa shape index (κ2) is 13.6. The van der Waals surface area contributed by atoms with E-state index in [4.69, 9.17) is 21.1 Å². The fourth-order valence-electron chi connectivity index (χ4n) is 1.77. The molecular weight excluding hydrogens is 248 g/mol. The van der Waals surface area contributed by atoms with Gasteiger partial charge in [-0.2, -0.15) is 0 Å². The van der Waals surface area contributed by atoms with Gasteiger partial charge in [0, 0.05) is 13.2 Å². The van der Waals surface area contributed by atoms with E-state index in [1.807, 2.05) is 6.92 Å². The van der Waals surface area contributed by atoms with Gasteiger partial charge in [0.25, 0.3) is 0 Å². The Morgan fingerprint density at radius 1 is 0.778 bits per heavy atom. The van der Waals surface area contributed by atoms with Crippen molar-refractivity contribution in [2.45, 2.75) is 83.8 Å². The van der Waals surface area contributed by atoms with Crippen molar-refractivity contribution >= 4 is 11.6 Å². The Kier molecular flexibility index (Phi) is 13.8. The number of halogens is 1. The van der Waals surface area contributed by atoms with Gasteiger partial charge in [-0.25, -0.2) is 0 Å². The predicted octanol–water partition coefficient (Wildman–Crippen LogP) is 5.13. The van der Waals surface area contributed by atoms with E-state index in [1.165, 1.54) is 38.5 Å². The van der Waals surface area contributed by atoms with E-state index in [1.54, 1.807) is 0 Å². The summed E-state index contributed by atoms with van der Waals surface area (Å²) in [5.74, 6) is 0. The number of hydrogen-bond donors (Lipinski definition) is 0. The smallest absolute Gasteiger partial charge is 0.173 e. The molecule has 2 nitrogen and oxygen atoms in total. The summed E-state index contributed by atoms with van der Waals surface area (Å²) in [4.78, 5) is 0. The van der Waals surface area contributed by atoms with Crippen molar-refractivity contribution in [3.63, 3.8) is 0 Å². The lowest BCUT2D eigenvalue weighted by Crippen LogP contribution is -2.26. The van der Waals surface area contributed by atoms with Crippen LogP contribution in [0.4, 0.5) is 0 Å². The highest BCUT2D eigenvalue weighted by molar-refractivity contribution is 6.20. The molecule has 0 aromatic heterocycles. The lowest BCUT2D eigenvalue weighted by atomic mass is 10.2. The van der Waals surface area contributed by atoms with Gasteiger partial charge in [0.05, 0.1) is 5.38 Å². The largest absolute Gasteiger partial charge is 0.351 e. The molecule has 0 aliphatic heterocycles. The molecule has 18 heavy (non-hydrogen) atoms. The van der Waals surface area contributed by atoms with E-state index in [9.17, 15) is 0 Å². The lowest BCUT2D eigenvalue weighted by Gasteiger charge is -2.20. The summed E-state index contributed by atoms with van der Waals surface area (Å²) in [6.45, 7) is 7.88. The highest BCUT2D eigenvalue weighted by atomic mass is 35.5. The van der Waals surface area contributed by atoms with E-state index in [-0.39, 0.29) is 11.7 Å². The number of hydrogen-bond acceptors (Lipinski definition) is 2.